The molecule has 0 aliphatic carbocycles. The summed E-state index contributed by atoms with van der Waals surface area (Å²) in [7, 11) is 0. The van der Waals surface area contributed by atoms with Gasteiger partial charge in [0.2, 0.25) is 5.91 Å². The molecule has 0 heterocycles. The third-order valence-electron chi connectivity index (χ3n) is 19.3. The highest BCUT2D eigenvalue weighted by Crippen LogP contribution is 2.21. The third-order valence-corrected chi connectivity index (χ3v) is 19.3. The first kappa shape index (κ1) is 85.6. The second-order valence-corrected chi connectivity index (χ2v) is 28.1. The molecule has 6 heteroatoms. The molecule has 2 unspecified atom stereocenters. The Morgan fingerprint density at radius 2 is 0.540 bits per heavy atom. The van der Waals surface area contributed by atoms with Gasteiger partial charge in [-0.3, -0.25) is 9.59 Å². The van der Waals surface area contributed by atoms with Crippen LogP contribution in [-0.2, 0) is 14.3 Å². The quantitative estimate of drug-likeness (QED) is 0.0320. The molecular weight excluding hydrogens is 1070 g/mol. The summed E-state index contributed by atoms with van der Waals surface area (Å²) in [5.41, 5.74) is 0. The maximum atomic E-state index is 12.5. The number of carbonyl (C=O) groups excluding carboxylic acids is 2. The fourth-order valence-corrected chi connectivity index (χ4v) is 13.2. The second kappa shape index (κ2) is 77.1. The van der Waals surface area contributed by atoms with Gasteiger partial charge in [-0.15, -0.1) is 0 Å². The predicted molar refractivity (Wildman–Crippen MR) is 384 cm³/mol. The lowest BCUT2D eigenvalue weighted by atomic mass is 10.0. The van der Waals surface area contributed by atoms with Crippen molar-refractivity contribution in [1.29, 1.82) is 0 Å². The van der Waals surface area contributed by atoms with Crippen molar-refractivity contribution in [2.45, 2.75) is 482 Å². The van der Waals surface area contributed by atoms with Crippen molar-refractivity contribution in [2.75, 3.05) is 13.2 Å². The average molecular weight is 1230 g/mol. The molecule has 3 N–H and O–H groups in total. The van der Waals surface area contributed by atoms with Crippen molar-refractivity contribution in [2.24, 2.45) is 0 Å². The highest BCUT2D eigenvalue weighted by atomic mass is 16.5. The van der Waals surface area contributed by atoms with E-state index in [1.807, 2.05) is 0 Å². The first-order chi connectivity index (χ1) is 43.0. The molecule has 0 aliphatic heterocycles. The van der Waals surface area contributed by atoms with Crippen molar-refractivity contribution in [3.05, 3.63) is 12.2 Å². The molecule has 0 saturated carbocycles. The Morgan fingerprint density at radius 1 is 0.310 bits per heavy atom. The van der Waals surface area contributed by atoms with Crippen LogP contribution in [0.15, 0.2) is 12.2 Å². The summed E-state index contributed by atoms with van der Waals surface area (Å²) in [6, 6.07) is -0.535. The van der Waals surface area contributed by atoms with E-state index in [9.17, 15) is 19.8 Å². The van der Waals surface area contributed by atoms with E-state index >= 15 is 0 Å². The summed E-state index contributed by atoms with van der Waals surface area (Å²) in [6.45, 7) is 5.00. The number of rotatable bonds is 77. The first-order valence-corrected chi connectivity index (χ1v) is 40.4. The van der Waals surface area contributed by atoms with Crippen molar-refractivity contribution in [1.82, 2.24) is 5.32 Å². The van der Waals surface area contributed by atoms with Gasteiger partial charge < -0.3 is 20.3 Å². The predicted octanol–water partition coefficient (Wildman–Crippen LogP) is 26.7. The summed E-state index contributed by atoms with van der Waals surface area (Å²) in [5.74, 6) is -0.00344. The average Bonchev–Trinajstić information content (AvgIpc) is 3.53. The maximum absolute atomic E-state index is 12.5. The molecule has 87 heavy (non-hydrogen) atoms. The molecular formula is C81H159NO5. The van der Waals surface area contributed by atoms with Gasteiger partial charge in [0.1, 0.15) is 0 Å². The summed E-state index contributed by atoms with van der Waals surface area (Å²) < 4.78 is 5.51. The molecule has 1 amide bonds. The van der Waals surface area contributed by atoms with Gasteiger partial charge in [0, 0.05) is 12.8 Å². The van der Waals surface area contributed by atoms with Crippen molar-refractivity contribution < 1.29 is 24.5 Å². The van der Waals surface area contributed by atoms with Crippen LogP contribution in [0.2, 0.25) is 0 Å². The molecule has 0 fully saturated rings. The van der Waals surface area contributed by atoms with E-state index in [2.05, 4.69) is 31.3 Å². The number of ether oxygens (including phenoxy) is 1. The standard InChI is InChI=1S/C81H159NO5/c1-3-5-7-9-11-13-15-17-19-43-47-51-55-59-63-67-71-75-81(86)87-76-72-68-64-60-56-52-48-45-42-40-38-36-34-32-30-28-26-24-22-20-21-23-25-27-29-31-33-35-37-39-41-44-46-50-54-58-62-66-70-74-80(85)82-78(77-83)79(84)73-69-65-61-57-53-49-18-16-14-12-10-8-6-4-2/h17,19,78-79,83-84H,3-16,18,20-77H2,1-2H3,(H,82,85)/b19-17-. The van der Waals surface area contributed by atoms with Crippen LogP contribution in [0.3, 0.4) is 0 Å². The zero-order valence-corrected chi connectivity index (χ0v) is 59.5. The van der Waals surface area contributed by atoms with E-state index in [-0.39, 0.29) is 18.5 Å². The highest BCUT2D eigenvalue weighted by molar-refractivity contribution is 5.76. The van der Waals surface area contributed by atoms with Gasteiger partial charge in [-0.25, -0.2) is 0 Å². The number of nitrogens with one attached hydrogen (secondary N) is 1. The maximum Gasteiger partial charge on any atom is 0.305 e. The molecule has 0 aromatic heterocycles. The molecule has 0 radical (unpaired) electrons. The fourth-order valence-electron chi connectivity index (χ4n) is 13.2. The second-order valence-electron chi connectivity index (χ2n) is 28.1. The Bertz CT molecular complexity index is 1320. The Balaban J connectivity index is 3.27. The molecule has 0 aliphatic rings. The zero-order chi connectivity index (χ0) is 62.8. The van der Waals surface area contributed by atoms with Gasteiger partial charge >= 0.3 is 5.97 Å². The van der Waals surface area contributed by atoms with E-state index in [1.54, 1.807) is 0 Å². The molecule has 0 spiro atoms. The topological polar surface area (TPSA) is 95.9 Å². The van der Waals surface area contributed by atoms with Crippen LogP contribution in [0.1, 0.15) is 470 Å². The van der Waals surface area contributed by atoms with Crippen LogP contribution in [0.25, 0.3) is 0 Å². The minimum absolute atomic E-state index is 0.0218. The lowest BCUT2D eigenvalue weighted by molar-refractivity contribution is -0.143. The number of unbranched alkanes of at least 4 members (excludes halogenated alkanes) is 64. The number of carbonyl (C=O) groups is 2. The lowest BCUT2D eigenvalue weighted by Crippen LogP contribution is -2.45. The third kappa shape index (κ3) is 73.5. The largest absolute Gasteiger partial charge is 0.466 e. The Morgan fingerprint density at radius 3 is 0.816 bits per heavy atom. The van der Waals surface area contributed by atoms with Crippen molar-refractivity contribution in [3.63, 3.8) is 0 Å². The first-order valence-electron chi connectivity index (χ1n) is 40.4. The molecule has 0 aromatic rings. The Hall–Kier alpha value is -1.40. The van der Waals surface area contributed by atoms with Crippen LogP contribution in [0.4, 0.5) is 0 Å². The van der Waals surface area contributed by atoms with Gasteiger partial charge in [-0.05, 0) is 51.4 Å². The van der Waals surface area contributed by atoms with Crippen LogP contribution in [-0.4, -0.2) is 47.4 Å². The normalized spacial score (nSPS) is 12.5. The van der Waals surface area contributed by atoms with Crippen LogP contribution in [0, 0.1) is 0 Å². The molecule has 0 saturated heterocycles. The van der Waals surface area contributed by atoms with E-state index < -0.39 is 12.1 Å². The lowest BCUT2D eigenvalue weighted by Gasteiger charge is -2.22. The number of amides is 1. The van der Waals surface area contributed by atoms with Gasteiger partial charge in [-0.2, -0.15) is 0 Å². The zero-order valence-electron chi connectivity index (χ0n) is 59.5. The molecule has 2 atom stereocenters. The summed E-state index contributed by atoms with van der Waals surface area (Å²) in [6.07, 6.45) is 97.6. The number of hydrogen-bond donors (Lipinski definition) is 3. The van der Waals surface area contributed by atoms with Crippen LogP contribution in [0.5, 0.6) is 0 Å². The monoisotopic (exact) mass is 1230 g/mol. The van der Waals surface area contributed by atoms with Crippen LogP contribution < -0.4 is 5.32 Å². The van der Waals surface area contributed by atoms with Gasteiger partial charge in [0.05, 0.1) is 25.4 Å². The number of aliphatic hydroxyl groups excluding tert-OH is 2. The highest BCUT2D eigenvalue weighted by Gasteiger charge is 2.20. The summed E-state index contributed by atoms with van der Waals surface area (Å²) >= 11 is 0. The molecule has 0 bridgehead atoms. The number of allylic oxidation sites excluding steroid dienone is 2. The number of esters is 1. The number of aliphatic hydroxyl groups is 2. The fraction of sp³-hybridized carbons (Fsp3) is 0.951. The van der Waals surface area contributed by atoms with Crippen molar-refractivity contribution in [3.8, 4) is 0 Å². The van der Waals surface area contributed by atoms with Crippen LogP contribution >= 0.6 is 0 Å². The number of hydrogen-bond acceptors (Lipinski definition) is 5. The van der Waals surface area contributed by atoms with E-state index in [4.69, 9.17) is 4.74 Å². The molecule has 518 valence electrons. The Kier molecular flexibility index (Phi) is 75.8. The van der Waals surface area contributed by atoms with Crippen molar-refractivity contribution >= 4 is 11.9 Å². The van der Waals surface area contributed by atoms with Gasteiger partial charge in [0.25, 0.3) is 0 Å². The van der Waals surface area contributed by atoms with Gasteiger partial charge in [-0.1, -0.05) is 418 Å². The molecule has 0 aromatic carbocycles. The smallest absolute Gasteiger partial charge is 0.305 e. The molecule has 0 rings (SSSR count). The molecule has 6 nitrogen and oxygen atoms in total. The minimum atomic E-state index is -0.659. The summed E-state index contributed by atoms with van der Waals surface area (Å²) in [5, 5.41) is 23.3. The summed E-state index contributed by atoms with van der Waals surface area (Å²) in [4.78, 5) is 24.6. The van der Waals surface area contributed by atoms with Gasteiger partial charge in [0.15, 0.2) is 0 Å². The minimum Gasteiger partial charge on any atom is -0.466 e. The SMILES string of the molecule is CCCCCCCC/C=C\CCCCCCCCCC(=O)OCCCCCCCCCCCCCCCCCCCCCCCCCCCCCCCCCCCCCCCCCC(=O)NC(CO)C(O)CCCCCCCCCCCCCCCC. The van der Waals surface area contributed by atoms with E-state index in [1.165, 1.54) is 398 Å². The Labute approximate surface area is 546 Å². The van der Waals surface area contributed by atoms with E-state index in [0.29, 0.717) is 25.9 Å². The van der Waals surface area contributed by atoms with E-state index in [0.717, 1.165) is 38.5 Å².